The first-order valence-corrected chi connectivity index (χ1v) is 8.93. The van der Waals surface area contributed by atoms with Crippen LogP contribution in [0.15, 0.2) is 40.9 Å². The van der Waals surface area contributed by atoms with Gasteiger partial charge in [-0.15, -0.1) is 0 Å². The van der Waals surface area contributed by atoms with Crippen LogP contribution in [0.5, 0.6) is 0 Å². The highest BCUT2D eigenvalue weighted by atomic mass is 32.1. The van der Waals surface area contributed by atoms with Crippen LogP contribution in [0, 0.1) is 23.5 Å². The SMILES string of the molecule is CCCc1ccc2c(c1)CCC(C#Cc1c(F)cc(N=C=S)cc1F)=C2. The summed E-state index contributed by atoms with van der Waals surface area (Å²) in [5.74, 6) is 4.05. The minimum Gasteiger partial charge on any atom is -0.205 e. The van der Waals surface area contributed by atoms with Gasteiger partial charge in [0.1, 0.15) is 11.6 Å². The third-order valence-corrected chi connectivity index (χ3v) is 4.38. The molecule has 3 rings (SSSR count). The molecule has 0 radical (unpaired) electrons. The average Bonchev–Trinajstić information content (AvgIpc) is 2.61. The van der Waals surface area contributed by atoms with Crippen molar-refractivity contribution in [1.29, 1.82) is 0 Å². The second-order valence-corrected chi connectivity index (χ2v) is 6.37. The lowest BCUT2D eigenvalue weighted by atomic mass is 9.90. The van der Waals surface area contributed by atoms with Gasteiger partial charge in [-0.1, -0.05) is 43.4 Å². The molecule has 1 aliphatic carbocycles. The van der Waals surface area contributed by atoms with E-state index in [-0.39, 0.29) is 11.3 Å². The Kier molecular flexibility index (Phi) is 5.73. The van der Waals surface area contributed by atoms with Crippen molar-refractivity contribution in [2.24, 2.45) is 4.99 Å². The maximum atomic E-state index is 14.1. The largest absolute Gasteiger partial charge is 0.205 e. The first-order valence-electron chi connectivity index (χ1n) is 8.52. The summed E-state index contributed by atoms with van der Waals surface area (Å²) in [6.07, 6.45) is 5.86. The number of fused-ring (bicyclic) bond motifs is 1. The molecular formula is C22H17F2NS. The van der Waals surface area contributed by atoms with Crippen LogP contribution < -0.4 is 0 Å². The standard InChI is InChI=1S/C22H17F2NS/c1-2-3-15-4-7-18-11-16(5-8-17(18)10-15)6-9-20-21(23)12-19(25-14-26)13-22(20)24/h4,7,10-13H,2-3,5,8H2,1H3. The molecule has 4 heteroatoms. The number of hydrogen-bond acceptors (Lipinski definition) is 2. The van der Waals surface area contributed by atoms with Crippen molar-refractivity contribution in [1.82, 2.24) is 0 Å². The zero-order valence-electron chi connectivity index (χ0n) is 14.4. The molecule has 0 atom stereocenters. The van der Waals surface area contributed by atoms with Crippen molar-refractivity contribution < 1.29 is 8.78 Å². The molecule has 2 aromatic rings. The third kappa shape index (κ3) is 4.14. The summed E-state index contributed by atoms with van der Waals surface area (Å²) in [6, 6.07) is 8.68. The summed E-state index contributed by atoms with van der Waals surface area (Å²) < 4.78 is 28.1. The molecule has 0 aromatic heterocycles. The molecule has 0 spiro atoms. The summed E-state index contributed by atoms with van der Waals surface area (Å²) >= 11 is 4.45. The summed E-state index contributed by atoms with van der Waals surface area (Å²) in [6.45, 7) is 2.17. The fraction of sp³-hybridized carbons (Fsp3) is 0.227. The number of rotatable bonds is 3. The number of halogens is 2. The van der Waals surface area contributed by atoms with E-state index in [1.165, 1.54) is 11.1 Å². The van der Waals surface area contributed by atoms with Crippen molar-refractivity contribution in [3.63, 3.8) is 0 Å². The smallest absolute Gasteiger partial charge is 0.143 e. The van der Waals surface area contributed by atoms with Crippen molar-refractivity contribution >= 4 is 29.1 Å². The van der Waals surface area contributed by atoms with Gasteiger partial charge in [0.25, 0.3) is 0 Å². The van der Waals surface area contributed by atoms with Crippen molar-refractivity contribution in [2.75, 3.05) is 0 Å². The minimum absolute atomic E-state index is 0.0919. The molecule has 0 N–H and O–H groups in total. The Morgan fingerprint density at radius 2 is 1.85 bits per heavy atom. The average molecular weight is 365 g/mol. The van der Waals surface area contributed by atoms with Gasteiger partial charge < -0.3 is 0 Å². The van der Waals surface area contributed by atoms with E-state index in [1.807, 2.05) is 6.08 Å². The number of thiocarbonyl (C=S) groups is 1. The number of allylic oxidation sites excluding steroid dienone is 1. The molecule has 1 nitrogen and oxygen atoms in total. The molecule has 0 saturated heterocycles. The number of aliphatic imine (C=N–C) groups is 1. The first kappa shape index (κ1) is 18.2. The van der Waals surface area contributed by atoms with E-state index in [1.54, 1.807) is 0 Å². The van der Waals surface area contributed by atoms with Gasteiger partial charge in [-0.05, 0) is 54.2 Å². The van der Waals surface area contributed by atoms with E-state index in [0.717, 1.165) is 49.0 Å². The molecule has 26 heavy (non-hydrogen) atoms. The summed E-state index contributed by atoms with van der Waals surface area (Å²) in [7, 11) is 0. The van der Waals surface area contributed by atoms with Gasteiger partial charge in [0.15, 0.2) is 0 Å². The highest BCUT2D eigenvalue weighted by Gasteiger charge is 2.11. The quantitative estimate of drug-likeness (QED) is 0.367. The molecule has 1 aliphatic rings. The third-order valence-electron chi connectivity index (χ3n) is 4.29. The van der Waals surface area contributed by atoms with Gasteiger partial charge in [-0.25, -0.2) is 8.78 Å². The summed E-state index contributed by atoms with van der Waals surface area (Å²) in [5, 5.41) is 2.09. The van der Waals surface area contributed by atoms with Crippen LogP contribution in [0.1, 0.15) is 42.0 Å². The Bertz CT molecular complexity index is 966. The van der Waals surface area contributed by atoms with Gasteiger partial charge in [-0.3, -0.25) is 0 Å². The number of nitrogens with zero attached hydrogens (tertiary/aromatic N) is 1. The zero-order chi connectivity index (χ0) is 18.5. The van der Waals surface area contributed by atoms with E-state index < -0.39 is 11.6 Å². The van der Waals surface area contributed by atoms with Crippen molar-refractivity contribution in [3.05, 3.63) is 69.8 Å². The van der Waals surface area contributed by atoms with E-state index in [0.29, 0.717) is 0 Å². The van der Waals surface area contributed by atoms with Crippen LogP contribution in [0.3, 0.4) is 0 Å². The van der Waals surface area contributed by atoms with E-state index in [9.17, 15) is 8.78 Å². The topological polar surface area (TPSA) is 12.4 Å². The lowest BCUT2D eigenvalue weighted by Crippen LogP contribution is -2.00. The number of aryl methyl sites for hydroxylation is 2. The lowest BCUT2D eigenvalue weighted by Gasteiger charge is -2.14. The normalized spacial score (nSPS) is 12.3. The van der Waals surface area contributed by atoms with E-state index >= 15 is 0 Å². The Balaban J connectivity index is 1.88. The van der Waals surface area contributed by atoms with Crippen LogP contribution in [0.2, 0.25) is 0 Å². The molecule has 0 aliphatic heterocycles. The van der Waals surface area contributed by atoms with Crippen molar-refractivity contribution in [2.45, 2.75) is 32.6 Å². The highest BCUT2D eigenvalue weighted by molar-refractivity contribution is 7.78. The Hall–Kier alpha value is -2.60. The molecular weight excluding hydrogens is 348 g/mol. The van der Waals surface area contributed by atoms with Crippen LogP contribution in [-0.2, 0) is 12.8 Å². The second-order valence-electron chi connectivity index (χ2n) is 6.19. The second kappa shape index (κ2) is 8.19. The van der Waals surface area contributed by atoms with Gasteiger partial charge in [0.05, 0.1) is 16.4 Å². The first-order chi connectivity index (χ1) is 12.6. The monoisotopic (exact) mass is 365 g/mol. The predicted octanol–water partition coefficient (Wildman–Crippen LogP) is 6.03. The molecule has 0 amide bonds. The Labute approximate surface area is 157 Å². The van der Waals surface area contributed by atoms with Gasteiger partial charge in [0, 0.05) is 17.7 Å². The number of hydrogen-bond donors (Lipinski definition) is 0. The molecule has 2 aromatic carbocycles. The highest BCUT2D eigenvalue weighted by Crippen LogP contribution is 2.26. The van der Waals surface area contributed by atoms with Gasteiger partial charge >= 0.3 is 0 Å². The summed E-state index contributed by atoms with van der Waals surface area (Å²) in [5.41, 5.74) is 4.50. The summed E-state index contributed by atoms with van der Waals surface area (Å²) in [4.78, 5) is 3.59. The van der Waals surface area contributed by atoms with Crippen LogP contribution >= 0.6 is 12.2 Å². The molecule has 0 saturated carbocycles. The van der Waals surface area contributed by atoms with E-state index in [2.05, 4.69) is 59.3 Å². The van der Waals surface area contributed by atoms with Crippen LogP contribution in [-0.4, -0.2) is 5.16 Å². The minimum atomic E-state index is -0.748. The predicted molar refractivity (Wildman–Crippen MR) is 105 cm³/mol. The van der Waals surface area contributed by atoms with Crippen molar-refractivity contribution in [3.8, 4) is 11.8 Å². The molecule has 0 fully saturated rings. The van der Waals surface area contributed by atoms with E-state index in [4.69, 9.17) is 0 Å². The fourth-order valence-corrected chi connectivity index (χ4v) is 3.13. The molecule has 0 heterocycles. The molecule has 0 bridgehead atoms. The Morgan fingerprint density at radius 3 is 2.54 bits per heavy atom. The fourth-order valence-electron chi connectivity index (χ4n) is 3.03. The Morgan fingerprint density at radius 1 is 1.08 bits per heavy atom. The maximum absolute atomic E-state index is 14.1. The van der Waals surface area contributed by atoms with Crippen LogP contribution in [0.4, 0.5) is 14.5 Å². The number of isothiocyanates is 1. The zero-order valence-corrected chi connectivity index (χ0v) is 15.2. The molecule has 130 valence electrons. The van der Waals surface area contributed by atoms with Gasteiger partial charge in [0.2, 0.25) is 0 Å². The van der Waals surface area contributed by atoms with Gasteiger partial charge in [-0.2, -0.15) is 4.99 Å². The lowest BCUT2D eigenvalue weighted by molar-refractivity contribution is 0.578. The maximum Gasteiger partial charge on any atom is 0.143 e. The molecule has 0 unspecified atom stereocenters. The van der Waals surface area contributed by atoms with Crippen LogP contribution in [0.25, 0.3) is 6.08 Å². The number of benzene rings is 2.